The molecular formula is C24H19N3O3S2. The first-order chi connectivity index (χ1) is 15.6. The van der Waals surface area contributed by atoms with Crippen molar-refractivity contribution in [1.29, 1.82) is 0 Å². The Morgan fingerprint density at radius 2 is 1.97 bits per heavy atom. The highest BCUT2D eigenvalue weighted by atomic mass is 32.1. The molecule has 0 bridgehead atoms. The highest BCUT2D eigenvalue weighted by Crippen LogP contribution is 2.33. The third kappa shape index (κ3) is 3.90. The van der Waals surface area contributed by atoms with Crippen LogP contribution in [-0.4, -0.2) is 15.5 Å². The van der Waals surface area contributed by atoms with Gasteiger partial charge in [0, 0.05) is 21.5 Å². The molecule has 0 atom stereocenters. The summed E-state index contributed by atoms with van der Waals surface area (Å²) in [6.45, 7) is 2.16. The number of carbonyl (C=O) groups is 1. The van der Waals surface area contributed by atoms with Crippen LogP contribution in [0.15, 0.2) is 81.1 Å². The lowest BCUT2D eigenvalue weighted by Crippen LogP contribution is -2.36. The maximum atomic E-state index is 13.4. The lowest BCUT2D eigenvalue weighted by atomic mass is 10.2. The summed E-state index contributed by atoms with van der Waals surface area (Å²) in [5, 5.41) is 4.48. The normalized spacial score (nSPS) is 11.2. The van der Waals surface area contributed by atoms with Crippen molar-refractivity contribution in [2.75, 3.05) is 4.90 Å². The Morgan fingerprint density at radius 1 is 1.12 bits per heavy atom. The van der Waals surface area contributed by atoms with Crippen LogP contribution >= 0.6 is 22.7 Å². The first kappa shape index (κ1) is 20.4. The van der Waals surface area contributed by atoms with Crippen LogP contribution in [0.4, 0.5) is 5.69 Å². The van der Waals surface area contributed by atoms with Crippen molar-refractivity contribution in [3.63, 3.8) is 0 Å². The second-order valence-corrected chi connectivity index (χ2v) is 9.19. The van der Waals surface area contributed by atoms with Crippen molar-refractivity contribution in [3.05, 3.63) is 93.6 Å². The summed E-state index contributed by atoms with van der Waals surface area (Å²) in [5.74, 6) is 0.444. The fourth-order valence-electron chi connectivity index (χ4n) is 3.53. The third-order valence-corrected chi connectivity index (χ3v) is 6.98. The number of hydrogen-bond donors (Lipinski definition) is 0. The van der Waals surface area contributed by atoms with Crippen LogP contribution < -0.4 is 10.5 Å². The summed E-state index contributed by atoms with van der Waals surface area (Å²) in [5.41, 5.74) is 2.50. The summed E-state index contributed by atoms with van der Waals surface area (Å²) in [6.07, 6.45) is 3.04. The second-order valence-electron chi connectivity index (χ2n) is 7.38. The fourth-order valence-corrected chi connectivity index (χ4v) is 5.25. The second kappa shape index (κ2) is 8.57. The summed E-state index contributed by atoms with van der Waals surface area (Å²) >= 11 is 3.01. The van der Waals surface area contributed by atoms with E-state index in [1.54, 1.807) is 28.6 Å². The number of anilines is 1. The smallest absolute Gasteiger partial charge is 0.263 e. The minimum Gasteiger partial charge on any atom is -0.467 e. The van der Waals surface area contributed by atoms with E-state index < -0.39 is 0 Å². The van der Waals surface area contributed by atoms with Gasteiger partial charge in [-0.05, 0) is 42.6 Å². The summed E-state index contributed by atoms with van der Waals surface area (Å²) < 4.78 is 6.85. The Balaban J connectivity index is 1.50. The molecule has 0 unspecified atom stereocenters. The van der Waals surface area contributed by atoms with Gasteiger partial charge in [-0.15, -0.1) is 22.7 Å². The predicted octanol–water partition coefficient (Wildman–Crippen LogP) is 5.32. The number of thiophene rings is 2. The van der Waals surface area contributed by atoms with E-state index in [1.165, 1.54) is 22.2 Å². The van der Waals surface area contributed by atoms with Gasteiger partial charge >= 0.3 is 0 Å². The molecule has 1 aromatic carbocycles. The minimum atomic E-state index is -0.221. The van der Waals surface area contributed by atoms with Crippen molar-refractivity contribution in [3.8, 4) is 10.4 Å². The zero-order chi connectivity index (χ0) is 22.1. The molecule has 4 aromatic heterocycles. The van der Waals surface area contributed by atoms with Crippen LogP contribution in [0.5, 0.6) is 0 Å². The molecule has 0 fully saturated rings. The molecule has 160 valence electrons. The first-order valence-electron chi connectivity index (χ1n) is 10.00. The van der Waals surface area contributed by atoms with Gasteiger partial charge in [-0.2, -0.15) is 0 Å². The number of aryl methyl sites for hydroxylation is 1. The third-order valence-electron chi connectivity index (χ3n) is 5.19. The van der Waals surface area contributed by atoms with Crippen LogP contribution in [0.1, 0.15) is 11.3 Å². The Kier molecular flexibility index (Phi) is 5.46. The molecule has 0 N–H and O–H groups in total. The van der Waals surface area contributed by atoms with Crippen molar-refractivity contribution < 1.29 is 9.21 Å². The Labute approximate surface area is 192 Å². The molecule has 5 aromatic rings. The topological polar surface area (TPSA) is 68.3 Å². The van der Waals surface area contributed by atoms with E-state index in [-0.39, 0.29) is 24.6 Å². The van der Waals surface area contributed by atoms with Crippen LogP contribution in [0.25, 0.3) is 20.7 Å². The molecule has 0 aliphatic carbocycles. The van der Waals surface area contributed by atoms with Crippen molar-refractivity contribution in [1.82, 2.24) is 9.55 Å². The van der Waals surface area contributed by atoms with Gasteiger partial charge in [0.1, 0.15) is 17.1 Å². The molecule has 0 aliphatic rings. The first-order valence-corrected chi connectivity index (χ1v) is 11.8. The molecule has 0 spiro atoms. The van der Waals surface area contributed by atoms with Gasteiger partial charge in [0.25, 0.3) is 5.56 Å². The van der Waals surface area contributed by atoms with Crippen molar-refractivity contribution >= 4 is 44.5 Å². The van der Waals surface area contributed by atoms with Gasteiger partial charge in [-0.25, -0.2) is 4.98 Å². The number of furan rings is 1. The van der Waals surface area contributed by atoms with Crippen LogP contribution in [0.3, 0.4) is 0 Å². The number of fused-ring (bicyclic) bond motifs is 1. The Bertz CT molecular complexity index is 1420. The lowest BCUT2D eigenvalue weighted by molar-refractivity contribution is -0.119. The van der Waals surface area contributed by atoms with E-state index in [0.29, 0.717) is 16.0 Å². The fraction of sp³-hybridized carbons (Fsp3) is 0.125. The molecule has 0 aliphatic heterocycles. The van der Waals surface area contributed by atoms with Gasteiger partial charge in [-0.1, -0.05) is 23.8 Å². The lowest BCUT2D eigenvalue weighted by Gasteiger charge is -2.22. The molecule has 32 heavy (non-hydrogen) atoms. The molecule has 0 radical (unpaired) electrons. The average Bonchev–Trinajstić information content (AvgIpc) is 3.56. The zero-order valence-corrected chi connectivity index (χ0v) is 18.9. The molecule has 0 saturated heterocycles. The van der Waals surface area contributed by atoms with Crippen LogP contribution in [-0.2, 0) is 17.9 Å². The van der Waals surface area contributed by atoms with Gasteiger partial charge in [0.15, 0.2) is 0 Å². The average molecular weight is 462 g/mol. The van der Waals surface area contributed by atoms with E-state index in [4.69, 9.17) is 4.42 Å². The number of nitrogens with zero attached hydrogens (tertiary/aromatic N) is 3. The molecule has 6 nitrogen and oxygen atoms in total. The molecule has 4 heterocycles. The number of hydrogen-bond acceptors (Lipinski definition) is 6. The van der Waals surface area contributed by atoms with E-state index in [2.05, 4.69) is 4.98 Å². The molecule has 0 saturated carbocycles. The number of amides is 1. The molecular weight excluding hydrogens is 442 g/mol. The zero-order valence-electron chi connectivity index (χ0n) is 17.2. The van der Waals surface area contributed by atoms with Gasteiger partial charge in [-0.3, -0.25) is 14.2 Å². The summed E-state index contributed by atoms with van der Waals surface area (Å²) in [6, 6.07) is 15.3. The van der Waals surface area contributed by atoms with Gasteiger partial charge in [0.2, 0.25) is 5.91 Å². The van der Waals surface area contributed by atoms with Crippen LogP contribution in [0, 0.1) is 6.92 Å². The minimum absolute atomic E-state index is 0.115. The molecule has 1 amide bonds. The Hall–Kier alpha value is -3.49. The highest BCUT2D eigenvalue weighted by Gasteiger charge is 2.20. The number of benzene rings is 1. The summed E-state index contributed by atoms with van der Waals surface area (Å²) in [4.78, 5) is 34.4. The van der Waals surface area contributed by atoms with E-state index in [1.807, 2.05) is 60.1 Å². The van der Waals surface area contributed by atoms with Crippen molar-refractivity contribution in [2.24, 2.45) is 0 Å². The SMILES string of the molecule is Cc1ccc(N(Cc2ccco2)C(=O)Cn2cnc3scc(-c4cccs4)c3c2=O)cc1. The van der Waals surface area contributed by atoms with Crippen molar-refractivity contribution in [2.45, 2.75) is 20.0 Å². The largest absolute Gasteiger partial charge is 0.467 e. The maximum Gasteiger partial charge on any atom is 0.263 e. The monoisotopic (exact) mass is 461 g/mol. The maximum absolute atomic E-state index is 13.4. The quantitative estimate of drug-likeness (QED) is 0.343. The summed E-state index contributed by atoms with van der Waals surface area (Å²) in [7, 11) is 0. The van der Waals surface area contributed by atoms with E-state index in [0.717, 1.165) is 21.7 Å². The standard InChI is InChI=1S/C24H19N3O3S2/c1-16-6-8-17(9-7-16)27(12-18-4-2-10-30-18)21(28)13-26-15-25-23-22(24(26)29)19(14-32-23)20-5-3-11-31-20/h2-11,14-15H,12-13H2,1H3. The molecule has 8 heteroatoms. The predicted molar refractivity (Wildman–Crippen MR) is 128 cm³/mol. The Morgan fingerprint density at radius 3 is 2.69 bits per heavy atom. The number of carbonyl (C=O) groups excluding carboxylic acids is 1. The van der Waals surface area contributed by atoms with E-state index >= 15 is 0 Å². The van der Waals surface area contributed by atoms with Crippen LogP contribution in [0.2, 0.25) is 0 Å². The number of aromatic nitrogens is 2. The van der Waals surface area contributed by atoms with Gasteiger partial charge < -0.3 is 9.32 Å². The number of rotatable bonds is 6. The van der Waals surface area contributed by atoms with Gasteiger partial charge in [0.05, 0.1) is 24.5 Å². The highest BCUT2D eigenvalue weighted by molar-refractivity contribution is 7.18. The molecule has 5 rings (SSSR count). The van der Waals surface area contributed by atoms with E-state index in [9.17, 15) is 9.59 Å².